The maximum Gasteiger partial charge on any atom is 0.338 e. The van der Waals surface area contributed by atoms with Gasteiger partial charge in [0.25, 0.3) is 5.56 Å². The number of carbonyl (C=O) groups excluding carboxylic acids is 1. The van der Waals surface area contributed by atoms with E-state index in [9.17, 15) is 9.59 Å². The van der Waals surface area contributed by atoms with Gasteiger partial charge in [0.15, 0.2) is 4.80 Å². The van der Waals surface area contributed by atoms with Gasteiger partial charge in [0, 0.05) is 0 Å². The molecule has 1 aliphatic heterocycles. The third-order valence-corrected chi connectivity index (χ3v) is 7.89. The van der Waals surface area contributed by atoms with Gasteiger partial charge >= 0.3 is 5.97 Å². The summed E-state index contributed by atoms with van der Waals surface area (Å²) in [6.45, 7) is 8.08. The number of thiazole rings is 1. The highest BCUT2D eigenvalue weighted by molar-refractivity contribution is 7.07. The molecule has 42 heavy (non-hydrogen) atoms. The van der Waals surface area contributed by atoms with Crippen LogP contribution >= 0.6 is 11.3 Å². The number of nitrogens with zero attached hydrogens (tertiary/aromatic N) is 2. The molecule has 214 valence electrons. The fourth-order valence-electron chi connectivity index (χ4n) is 4.95. The van der Waals surface area contributed by atoms with Crippen LogP contribution in [0.1, 0.15) is 42.1 Å². The predicted octanol–water partition coefficient (Wildman–Crippen LogP) is 5.11. The quantitative estimate of drug-likeness (QED) is 0.192. The van der Waals surface area contributed by atoms with E-state index in [2.05, 4.69) is 11.6 Å². The molecule has 0 saturated carbocycles. The third kappa shape index (κ3) is 5.99. The Bertz CT molecular complexity index is 1840. The molecule has 0 unspecified atom stereocenters. The molecule has 0 N–H and O–H groups in total. The molecule has 4 aromatic rings. The van der Waals surface area contributed by atoms with Gasteiger partial charge in [-0.1, -0.05) is 65.9 Å². The van der Waals surface area contributed by atoms with Crippen molar-refractivity contribution in [2.75, 3.05) is 13.7 Å². The predicted molar refractivity (Wildman–Crippen MR) is 165 cm³/mol. The van der Waals surface area contributed by atoms with Gasteiger partial charge in [0.05, 0.1) is 35.6 Å². The Morgan fingerprint density at radius 1 is 1.10 bits per heavy atom. The van der Waals surface area contributed by atoms with E-state index in [1.54, 1.807) is 25.5 Å². The number of aromatic nitrogens is 1. The first-order chi connectivity index (χ1) is 20.4. The van der Waals surface area contributed by atoms with E-state index in [-0.39, 0.29) is 12.2 Å². The molecule has 0 saturated heterocycles. The van der Waals surface area contributed by atoms with Crippen LogP contribution in [0.25, 0.3) is 6.08 Å². The summed E-state index contributed by atoms with van der Waals surface area (Å²) in [5.74, 6) is 0.892. The Morgan fingerprint density at radius 2 is 1.90 bits per heavy atom. The number of hydrogen-bond acceptors (Lipinski definition) is 7. The number of fused-ring (bicyclic) bond motifs is 1. The highest BCUT2D eigenvalue weighted by Crippen LogP contribution is 2.32. The van der Waals surface area contributed by atoms with Crippen LogP contribution in [0.2, 0.25) is 0 Å². The maximum absolute atomic E-state index is 14.0. The molecule has 0 fully saturated rings. The van der Waals surface area contributed by atoms with Gasteiger partial charge in [0.1, 0.15) is 18.1 Å². The first-order valence-electron chi connectivity index (χ1n) is 13.7. The SMILES string of the molecule is C=CCc1cc(/C=c2/sc3n(c2=O)[C@@H](c2cccc(OC)c2)C(C(=O)OCC)=C(C)N=3)ccc1OCc1ccccc1. The average Bonchev–Trinajstić information content (AvgIpc) is 3.30. The number of allylic oxidation sites excluding steroid dienone is 2. The highest BCUT2D eigenvalue weighted by Gasteiger charge is 2.33. The van der Waals surface area contributed by atoms with Gasteiger partial charge in [-0.3, -0.25) is 9.36 Å². The minimum absolute atomic E-state index is 0.211. The minimum Gasteiger partial charge on any atom is -0.497 e. The summed E-state index contributed by atoms with van der Waals surface area (Å²) < 4.78 is 19.0. The number of carbonyl (C=O) groups is 1. The molecule has 7 nitrogen and oxygen atoms in total. The molecule has 3 aromatic carbocycles. The first kappa shape index (κ1) is 28.8. The topological polar surface area (TPSA) is 79.1 Å². The van der Waals surface area contributed by atoms with Gasteiger partial charge in [-0.05, 0) is 72.9 Å². The van der Waals surface area contributed by atoms with Crippen molar-refractivity contribution < 1.29 is 19.0 Å². The molecule has 0 spiro atoms. The molecule has 0 radical (unpaired) electrons. The second-order valence-electron chi connectivity index (χ2n) is 9.71. The van der Waals surface area contributed by atoms with Crippen LogP contribution in [0.15, 0.2) is 107 Å². The second kappa shape index (κ2) is 12.9. The first-order valence-corrected chi connectivity index (χ1v) is 14.5. The Labute approximate surface area is 248 Å². The molecule has 1 aromatic heterocycles. The standard InChI is InChI=1S/C34H32N2O5S/c1-5-11-25-18-24(16-17-28(25)41-21-23-12-8-7-9-13-23)19-29-32(37)36-31(26-14-10-15-27(20-26)39-4)30(33(38)40-6-2)22(3)35-34(36)42-29/h5,7-10,12-20,31H,1,6,11,21H2,2-4H3/b29-19+/t31-/m0/s1. The van der Waals surface area contributed by atoms with Crippen LogP contribution < -0.4 is 24.4 Å². The minimum atomic E-state index is -0.706. The molecule has 5 rings (SSSR count). The fourth-order valence-corrected chi connectivity index (χ4v) is 6.00. The Hall–Kier alpha value is -4.69. The fraction of sp³-hybridized carbons (Fsp3) is 0.206. The summed E-state index contributed by atoms with van der Waals surface area (Å²) in [6, 6.07) is 22.5. The highest BCUT2D eigenvalue weighted by atomic mass is 32.1. The van der Waals surface area contributed by atoms with Crippen molar-refractivity contribution in [3.05, 3.63) is 139 Å². The van der Waals surface area contributed by atoms with Crippen LogP contribution in [0.4, 0.5) is 0 Å². The molecule has 0 aliphatic carbocycles. The zero-order chi connectivity index (χ0) is 29.6. The van der Waals surface area contributed by atoms with Crippen molar-refractivity contribution in [3.63, 3.8) is 0 Å². The molecular formula is C34H32N2O5S. The number of methoxy groups -OCH3 is 1. The van der Waals surface area contributed by atoms with Crippen LogP contribution in [0.3, 0.4) is 0 Å². The van der Waals surface area contributed by atoms with E-state index >= 15 is 0 Å². The second-order valence-corrected chi connectivity index (χ2v) is 10.7. The summed E-state index contributed by atoms with van der Waals surface area (Å²) in [7, 11) is 1.58. The zero-order valence-electron chi connectivity index (χ0n) is 23.8. The van der Waals surface area contributed by atoms with Gasteiger partial charge < -0.3 is 14.2 Å². The van der Waals surface area contributed by atoms with E-state index in [1.807, 2.05) is 84.9 Å². The lowest BCUT2D eigenvalue weighted by Gasteiger charge is -2.25. The van der Waals surface area contributed by atoms with Crippen molar-refractivity contribution in [3.8, 4) is 11.5 Å². The van der Waals surface area contributed by atoms with Crippen molar-refractivity contribution in [2.24, 2.45) is 4.99 Å². The zero-order valence-corrected chi connectivity index (χ0v) is 24.6. The molecule has 8 heteroatoms. The number of esters is 1. The third-order valence-electron chi connectivity index (χ3n) is 6.91. The average molecular weight is 581 g/mol. The Kier molecular flexibility index (Phi) is 8.83. The van der Waals surface area contributed by atoms with Gasteiger partial charge in [-0.25, -0.2) is 9.79 Å². The molecule has 1 aliphatic rings. The summed E-state index contributed by atoms with van der Waals surface area (Å²) in [4.78, 5) is 32.3. The van der Waals surface area contributed by atoms with Gasteiger partial charge in [0.2, 0.25) is 0 Å². The maximum atomic E-state index is 14.0. The van der Waals surface area contributed by atoms with Crippen molar-refractivity contribution >= 4 is 23.4 Å². The Morgan fingerprint density at radius 3 is 2.64 bits per heavy atom. The molecule has 1 atom stereocenters. The largest absolute Gasteiger partial charge is 0.497 e. The van der Waals surface area contributed by atoms with E-state index in [1.165, 1.54) is 11.3 Å². The number of hydrogen-bond donors (Lipinski definition) is 0. The lowest BCUT2D eigenvalue weighted by Crippen LogP contribution is -2.39. The van der Waals surface area contributed by atoms with Crippen LogP contribution in [0.5, 0.6) is 11.5 Å². The Balaban J connectivity index is 1.58. The summed E-state index contributed by atoms with van der Waals surface area (Å²) in [6.07, 6.45) is 4.30. The van der Waals surface area contributed by atoms with E-state index in [4.69, 9.17) is 14.2 Å². The number of benzene rings is 3. The molecular weight excluding hydrogens is 548 g/mol. The van der Waals surface area contributed by atoms with Crippen LogP contribution in [0, 0.1) is 0 Å². The number of rotatable bonds is 10. The summed E-state index contributed by atoms with van der Waals surface area (Å²) >= 11 is 1.29. The van der Waals surface area contributed by atoms with Crippen molar-refractivity contribution in [1.29, 1.82) is 0 Å². The van der Waals surface area contributed by atoms with Gasteiger partial charge in [-0.15, -0.1) is 6.58 Å². The smallest absolute Gasteiger partial charge is 0.338 e. The monoisotopic (exact) mass is 580 g/mol. The number of ether oxygens (including phenoxy) is 3. The summed E-state index contributed by atoms with van der Waals surface area (Å²) in [5, 5.41) is 0. The van der Waals surface area contributed by atoms with Crippen molar-refractivity contribution in [1.82, 2.24) is 4.57 Å². The van der Waals surface area contributed by atoms with Crippen LogP contribution in [-0.4, -0.2) is 24.3 Å². The molecule has 0 bridgehead atoms. The molecule has 0 amide bonds. The lowest BCUT2D eigenvalue weighted by molar-refractivity contribution is -0.139. The van der Waals surface area contributed by atoms with E-state index in [0.29, 0.717) is 39.4 Å². The normalized spacial score (nSPS) is 14.6. The van der Waals surface area contributed by atoms with Crippen molar-refractivity contribution in [2.45, 2.75) is 32.9 Å². The molecule has 2 heterocycles. The lowest BCUT2D eigenvalue weighted by atomic mass is 9.95. The van der Waals surface area contributed by atoms with Crippen LogP contribution in [-0.2, 0) is 22.6 Å². The van der Waals surface area contributed by atoms with E-state index in [0.717, 1.165) is 28.0 Å². The van der Waals surface area contributed by atoms with Gasteiger partial charge in [-0.2, -0.15) is 0 Å². The summed E-state index contributed by atoms with van der Waals surface area (Å²) in [5.41, 5.74) is 4.23. The van der Waals surface area contributed by atoms with E-state index < -0.39 is 12.0 Å².